The molecule has 2 N–H and O–H groups in total. The highest BCUT2D eigenvalue weighted by Gasteiger charge is 2.15. The van der Waals surface area contributed by atoms with E-state index in [9.17, 15) is 9.59 Å². The molecule has 0 bridgehead atoms. The maximum atomic E-state index is 11.7. The topological polar surface area (TPSA) is 97.4 Å². The fourth-order valence-corrected chi connectivity index (χ4v) is 1.65. The highest BCUT2D eigenvalue weighted by Crippen LogP contribution is 2.09. The van der Waals surface area contributed by atoms with Crippen molar-refractivity contribution in [1.82, 2.24) is 15.1 Å². The molecule has 0 radical (unpaired) electrons. The van der Waals surface area contributed by atoms with Crippen molar-refractivity contribution < 1.29 is 19.1 Å². The fraction of sp³-hybridized carbons (Fsp3) is 0.250. The van der Waals surface area contributed by atoms with Gasteiger partial charge in [-0.25, -0.2) is 4.79 Å². The Hall–Kier alpha value is -2.57. The van der Waals surface area contributed by atoms with Crippen LogP contribution in [-0.2, 0) is 13.6 Å². The van der Waals surface area contributed by atoms with Crippen LogP contribution in [0, 0.1) is 6.92 Å². The normalized spacial score (nSPS) is 10.4. The van der Waals surface area contributed by atoms with Gasteiger partial charge < -0.3 is 14.8 Å². The number of amides is 1. The number of carbonyl (C=O) groups excluding carboxylic acids is 1. The third-order valence-electron chi connectivity index (χ3n) is 2.62. The van der Waals surface area contributed by atoms with Crippen LogP contribution in [0.3, 0.4) is 0 Å². The second-order valence-corrected chi connectivity index (χ2v) is 4.10. The zero-order valence-electron chi connectivity index (χ0n) is 10.5. The van der Waals surface area contributed by atoms with Gasteiger partial charge in [0.25, 0.3) is 5.91 Å². The summed E-state index contributed by atoms with van der Waals surface area (Å²) in [6, 6.07) is 1.19. The van der Waals surface area contributed by atoms with Crippen LogP contribution in [0.2, 0.25) is 0 Å². The number of aryl methyl sites for hydroxylation is 2. The predicted octanol–water partition coefficient (Wildman–Crippen LogP) is 0.950. The van der Waals surface area contributed by atoms with Crippen LogP contribution >= 0.6 is 0 Å². The van der Waals surface area contributed by atoms with E-state index >= 15 is 0 Å². The summed E-state index contributed by atoms with van der Waals surface area (Å²) in [5.41, 5.74) is 1.66. The highest BCUT2D eigenvalue weighted by molar-refractivity contribution is 5.95. The molecule has 0 aliphatic carbocycles. The van der Waals surface area contributed by atoms with Crippen molar-refractivity contribution in [2.75, 3.05) is 0 Å². The first kappa shape index (κ1) is 12.9. The van der Waals surface area contributed by atoms with Crippen molar-refractivity contribution in [3.8, 4) is 0 Å². The Labute approximate surface area is 108 Å². The number of carboxylic acids is 1. The monoisotopic (exact) mass is 263 g/mol. The lowest BCUT2D eigenvalue weighted by molar-refractivity contribution is 0.0696. The number of aromatic nitrogens is 2. The third-order valence-corrected chi connectivity index (χ3v) is 2.62. The Balaban J connectivity index is 2.01. The number of hydrogen-bond donors (Lipinski definition) is 2. The first-order valence-electron chi connectivity index (χ1n) is 5.56. The van der Waals surface area contributed by atoms with Crippen LogP contribution in [0.1, 0.15) is 32.2 Å². The van der Waals surface area contributed by atoms with Crippen LogP contribution < -0.4 is 5.32 Å². The summed E-state index contributed by atoms with van der Waals surface area (Å²) in [7, 11) is 1.80. The van der Waals surface area contributed by atoms with Gasteiger partial charge in [0.15, 0.2) is 5.76 Å². The molecule has 7 nitrogen and oxygen atoms in total. The molecule has 0 atom stereocenters. The van der Waals surface area contributed by atoms with Crippen molar-refractivity contribution in [3.05, 3.63) is 41.1 Å². The number of nitrogens with one attached hydrogen (secondary N) is 1. The molecule has 0 aliphatic heterocycles. The Morgan fingerprint density at radius 3 is 2.79 bits per heavy atom. The third kappa shape index (κ3) is 2.82. The van der Waals surface area contributed by atoms with Crippen LogP contribution in [-0.4, -0.2) is 26.8 Å². The van der Waals surface area contributed by atoms with Crippen LogP contribution in [0.25, 0.3) is 0 Å². The first-order valence-corrected chi connectivity index (χ1v) is 5.56. The lowest BCUT2D eigenvalue weighted by Crippen LogP contribution is -2.22. The lowest BCUT2D eigenvalue weighted by Gasteiger charge is -2.01. The van der Waals surface area contributed by atoms with E-state index < -0.39 is 11.9 Å². The highest BCUT2D eigenvalue weighted by atomic mass is 16.4. The number of hydrogen-bond acceptors (Lipinski definition) is 4. The van der Waals surface area contributed by atoms with E-state index in [-0.39, 0.29) is 11.3 Å². The maximum Gasteiger partial charge on any atom is 0.338 e. The second-order valence-electron chi connectivity index (χ2n) is 4.10. The van der Waals surface area contributed by atoms with Crippen molar-refractivity contribution >= 4 is 11.9 Å². The lowest BCUT2D eigenvalue weighted by atomic mass is 10.2. The Morgan fingerprint density at radius 2 is 2.26 bits per heavy atom. The minimum atomic E-state index is -1.13. The minimum absolute atomic E-state index is 0.0288. The van der Waals surface area contributed by atoms with Gasteiger partial charge in [0.1, 0.15) is 6.26 Å². The molecule has 0 spiro atoms. The van der Waals surface area contributed by atoms with E-state index in [1.54, 1.807) is 17.9 Å². The molecule has 2 aromatic rings. The molecule has 1 amide bonds. The average Bonchev–Trinajstić information content (AvgIpc) is 2.93. The summed E-state index contributed by atoms with van der Waals surface area (Å²) >= 11 is 0. The molecule has 0 aliphatic rings. The van der Waals surface area contributed by atoms with E-state index in [1.165, 1.54) is 6.07 Å². The number of aromatic carboxylic acids is 1. The minimum Gasteiger partial charge on any atom is -0.478 e. The molecular formula is C12H13N3O4. The Kier molecular flexibility index (Phi) is 3.37. The quantitative estimate of drug-likeness (QED) is 0.855. The van der Waals surface area contributed by atoms with Crippen molar-refractivity contribution in [3.63, 3.8) is 0 Å². The van der Waals surface area contributed by atoms with Crippen molar-refractivity contribution in [2.24, 2.45) is 7.05 Å². The van der Waals surface area contributed by atoms with Gasteiger partial charge in [0.2, 0.25) is 0 Å². The van der Waals surface area contributed by atoms with Crippen LogP contribution in [0.5, 0.6) is 0 Å². The Bertz CT molecular complexity index is 627. The van der Waals surface area contributed by atoms with Crippen LogP contribution in [0.15, 0.2) is 22.9 Å². The van der Waals surface area contributed by atoms with Gasteiger partial charge in [0, 0.05) is 31.4 Å². The summed E-state index contributed by atoms with van der Waals surface area (Å²) in [4.78, 5) is 22.4. The van der Waals surface area contributed by atoms with Crippen molar-refractivity contribution in [1.29, 1.82) is 0 Å². The maximum absolute atomic E-state index is 11.7. The second kappa shape index (κ2) is 4.97. The van der Waals surface area contributed by atoms with Crippen LogP contribution in [0.4, 0.5) is 0 Å². The molecule has 0 saturated heterocycles. The zero-order chi connectivity index (χ0) is 14.0. The number of nitrogens with zero attached hydrogens (tertiary/aromatic N) is 2. The van der Waals surface area contributed by atoms with E-state index in [2.05, 4.69) is 10.4 Å². The molecule has 7 heteroatoms. The van der Waals surface area contributed by atoms with E-state index in [1.807, 2.05) is 6.92 Å². The van der Waals surface area contributed by atoms with Crippen molar-refractivity contribution in [2.45, 2.75) is 13.5 Å². The van der Waals surface area contributed by atoms with Gasteiger partial charge in [0.05, 0.1) is 11.3 Å². The molecule has 19 heavy (non-hydrogen) atoms. The smallest absolute Gasteiger partial charge is 0.338 e. The summed E-state index contributed by atoms with van der Waals surface area (Å²) < 4.78 is 6.56. The Morgan fingerprint density at radius 1 is 1.53 bits per heavy atom. The van der Waals surface area contributed by atoms with Gasteiger partial charge in [-0.3, -0.25) is 9.48 Å². The SMILES string of the molecule is Cc1nn(C)cc1CNC(=O)c1cc(C(=O)O)co1. The molecule has 2 heterocycles. The molecule has 2 aromatic heterocycles. The van der Waals surface area contributed by atoms with E-state index in [0.29, 0.717) is 6.54 Å². The summed E-state index contributed by atoms with van der Waals surface area (Å²) in [6.07, 6.45) is 2.84. The van der Waals surface area contributed by atoms with Gasteiger partial charge in [-0.2, -0.15) is 5.10 Å². The van der Waals surface area contributed by atoms with E-state index in [4.69, 9.17) is 9.52 Å². The molecule has 0 fully saturated rings. The number of carboxylic acid groups (broad SMARTS) is 1. The summed E-state index contributed by atoms with van der Waals surface area (Å²) in [5.74, 6) is -1.62. The fourth-order valence-electron chi connectivity index (χ4n) is 1.65. The summed E-state index contributed by atoms with van der Waals surface area (Å²) in [5, 5.41) is 15.5. The molecule has 0 aromatic carbocycles. The van der Waals surface area contributed by atoms with Gasteiger partial charge >= 0.3 is 5.97 Å². The van der Waals surface area contributed by atoms with Gasteiger partial charge in [-0.15, -0.1) is 0 Å². The zero-order valence-corrected chi connectivity index (χ0v) is 10.5. The molecule has 0 unspecified atom stereocenters. The number of rotatable bonds is 4. The summed E-state index contributed by atoms with van der Waals surface area (Å²) in [6.45, 7) is 2.15. The first-order chi connectivity index (χ1) is 8.97. The standard InChI is InChI=1S/C12H13N3O4/c1-7-9(5-15(2)14-7)4-13-11(16)10-3-8(6-19-10)12(17)18/h3,5-6H,4H2,1-2H3,(H,13,16)(H,17,18). The number of furan rings is 1. The number of carbonyl (C=O) groups is 2. The molecular weight excluding hydrogens is 250 g/mol. The molecule has 2 rings (SSSR count). The average molecular weight is 263 g/mol. The predicted molar refractivity (Wildman–Crippen MR) is 64.8 cm³/mol. The van der Waals surface area contributed by atoms with Gasteiger partial charge in [-0.1, -0.05) is 0 Å². The van der Waals surface area contributed by atoms with Gasteiger partial charge in [-0.05, 0) is 6.92 Å². The van der Waals surface area contributed by atoms with E-state index in [0.717, 1.165) is 17.5 Å². The largest absolute Gasteiger partial charge is 0.478 e. The molecule has 100 valence electrons. The molecule has 0 saturated carbocycles.